The standard InChI is InChI=1S/C48H28OS2/c1-2-13-37-35(11-1)36-12-3-4-14-38(36)42-28-29(23-24-39(37)42)30-25-31(33-16-9-18-41-40-15-5-6-19-43(40)49-47(33)41)27-32(26-30)34-17-10-22-46-48(34)51-45-21-8-7-20-44(45)50-46/h1-28H. The molecule has 11 rings (SSSR count). The van der Waals surface area contributed by atoms with Gasteiger partial charge in [0.25, 0.3) is 0 Å². The number of benzene rings is 9. The van der Waals surface area contributed by atoms with Crippen molar-refractivity contribution in [3.05, 3.63) is 170 Å². The van der Waals surface area contributed by atoms with Crippen molar-refractivity contribution in [1.29, 1.82) is 0 Å². The minimum Gasteiger partial charge on any atom is -0.455 e. The highest BCUT2D eigenvalue weighted by Gasteiger charge is 2.22. The van der Waals surface area contributed by atoms with E-state index in [4.69, 9.17) is 4.42 Å². The first-order chi connectivity index (χ1) is 25.3. The van der Waals surface area contributed by atoms with Gasteiger partial charge in [0, 0.05) is 35.9 Å². The van der Waals surface area contributed by atoms with Crippen molar-refractivity contribution in [2.24, 2.45) is 0 Å². The molecule has 0 saturated heterocycles. The van der Waals surface area contributed by atoms with Crippen LogP contribution in [0.25, 0.3) is 87.6 Å². The van der Waals surface area contributed by atoms with E-state index >= 15 is 0 Å². The summed E-state index contributed by atoms with van der Waals surface area (Å²) in [5, 5.41) is 9.98. The van der Waals surface area contributed by atoms with Crippen LogP contribution in [0.3, 0.4) is 0 Å². The first-order valence-corrected chi connectivity index (χ1v) is 18.9. The summed E-state index contributed by atoms with van der Waals surface area (Å²) in [4.78, 5) is 5.22. The van der Waals surface area contributed by atoms with E-state index in [1.165, 1.54) is 74.2 Å². The van der Waals surface area contributed by atoms with Crippen LogP contribution in [-0.2, 0) is 0 Å². The van der Waals surface area contributed by atoms with E-state index in [0.717, 1.165) is 33.1 Å². The zero-order chi connectivity index (χ0) is 33.5. The smallest absolute Gasteiger partial charge is 0.143 e. The third-order valence-electron chi connectivity index (χ3n) is 10.3. The van der Waals surface area contributed by atoms with Gasteiger partial charge < -0.3 is 4.42 Å². The van der Waals surface area contributed by atoms with Gasteiger partial charge in [0.15, 0.2) is 0 Å². The first-order valence-electron chi connectivity index (χ1n) is 17.2. The largest absolute Gasteiger partial charge is 0.455 e. The summed E-state index contributed by atoms with van der Waals surface area (Å²) in [5.74, 6) is 0. The topological polar surface area (TPSA) is 13.1 Å². The van der Waals surface area contributed by atoms with E-state index in [1.807, 2.05) is 29.6 Å². The van der Waals surface area contributed by atoms with Crippen LogP contribution in [0.2, 0.25) is 0 Å². The normalized spacial score (nSPS) is 12.5. The molecular weight excluding hydrogens is 657 g/mol. The van der Waals surface area contributed by atoms with Crippen LogP contribution in [0.4, 0.5) is 0 Å². The van der Waals surface area contributed by atoms with E-state index in [9.17, 15) is 0 Å². The molecule has 0 unspecified atom stereocenters. The van der Waals surface area contributed by atoms with Gasteiger partial charge in [0.1, 0.15) is 11.2 Å². The van der Waals surface area contributed by atoms with Crippen molar-refractivity contribution in [1.82, 2.24) is 0 Å². The van der Waals surface area contributed by atoms with Gasteiger partial charge in [-0.25, -0.2) is 0 Å². The van der Waals surface area contributed by atoms with E-state index in [0.29, 0.717) is 0 Å². The maximum Gasteiger partial charge on any atom is 0.143 e. The Kier molecular flexibility index (Phi) is 6.49. The van der Waals surface area contributed by atoms with Gasteiger partial charge in [0.2, 0.25) is 0 Å². The van der Waals surface area contributed by atoms with E-state index < -0.39 is 0 Å². The van der Waals surface area contributed by atoms with Gasteiger partial charge in [-0.15, -0.1) is 0 Å². The molecule has 1 aliphatic rings. The van der Waals surface area contributed by atoms with Gasteiger partial charge in [-0.3, -0.25) is 0 Å². The second-order valence-corrected chi connectivity index (χ2v) is 15.4. The SMILES string of the molecule is c1ccc2c(c1)Sc1cccc(-c3cc(-c4ccc5c6ccccc6c6ccccc6c5c4)cc(-c4cccc5c4oc4ccccc45)c3)c1S2. The van der Waals surface area contributed by atoms with Gasteiger partial charge in [-0.05, 0) is 109 Å². The lowest BCUT2D eigenvalue weighted by molar-refractivity contribution is 0.670. The molecule has 0 spiro atoms. The van der Waals surface area contributed by atoms with Gasteiger partial charge in [0.05, 0.1) is 0 Å². The molecule has 1 nitrogen and oxygen atoms in total. The minimum absolute atomic E-state index is 0.911. The van der Waals surface area contributed by atoms with Crippen LogP contribution in [0.15, 0.2) is 194 Å². The molecule has 0 aliphatic carbocycles. The summed E-state index contributed by atoms with van der Waals surface area (Å²) in [6.45, 7) is 0. The number of rotatable bonds is 3. The highest BCUT2D eigenvalue weighted by atomic mass is 32.2. The van der Waals surface area contributed by atoms with Crippen LogP contribution in [0.1, 0.15) is 0 Å². The molecule has 1 aliphatic heterocycles. The van der Waals surface area contributed by atoms with Crippen molar-refractivity contribution < 1.29 is 4.42 Å². The molecule has 0 N–H and O–H groups in total. The molecule has 9 aromatic carbocycles. The van der Waals surface area contributed by atoms with Crippen LogP contribution in [0.5, 0.6) is 0 Å². The van der Waals surface area contributed by atoms with Gasteiger partial charge in [-0.2, -0.15) is 0 Å². The second kappa shape index (κ2) is 11.4. The Morgan fingerprint density at radius 2 is 0.843 bits per heavy atom. The molecule has 51 heavy (non-hydrogen) atoms. The minimum atomic E-state index is 0.911. The highest BCUT2D eigenvalue weighted by Crippen LogP contribution is 2.52. The average Bonchev–Trinajstić information content (AvgIpc) is 3.58. The molecule has 3 heteroatoms. The molecule has 0 saturated carbocycles. The maximum atomic E-state index is 6.60. The third-order valence-corrected chi connectivity index (χ3v) is 12.9. The lowest BCUT2D eigenvalue weighted by Gasteiger charge is -2.21. The predicted octanol–water partition coefficient (Wildman–Crippen LogP) is 14.7. The van der Waals surface area contributed by atoms with Crippen LogP contribution in [-0.4, -0.2) is 0 Å². The maximum absolute atomic E-state index is 6.60. The lowest BCUT2D eigenvalue weighted by Crippen LogP contribution is -1.93. The summed E-state index contributed by atoms with van der Waals surface area (Å²) < 4.78 is 6.60. The van der Waals surface area contributed by atoms with Crippen molar-refractivity contribution in [3.63, 3.8) is 0 Å². The van der Waals surface area contributed by atoms with Crippen molar-refractivity contribution in [2.75, 3.05) is 0 Å². The van der Waals surface area contributed by atoms with E-state index in [2.05, 4.69) is 164 Å². The Labute approximate surface area is 303 Å². The van der Waals surface area contributed by atoms with Crippen LogP contribution >= 0.6 is 23.5 Å². The molecule has 0 atom stereocenters. The van der Waals surface area contributed by atoms with E-state index in [1.54, 1.807) is 0 Å². The Morgan fingerprint density at radius 1 is 0.314 bits per heavy atom. The molecule has 0 fully saturated rings. The summed E-state index contributed by atoms with van der Waals surface area (Å²) in [5.41, 5.74) is 8.89. The fourth-order valence-electron chi connectivity index (χ4n) is 7.94. The van der Waals surface area contributed by atoms with Crippen molar-refractivity contribution >= 4 is 77.8 Å². The van der Waals surface area contributed by atoms with Gasteiger partial charge in [-0.1, -0.05) is 145 Å². The van der Waals surface area contributed by atoms with Crippen molar-refractivity contribution in [3.8, 4) is 33.4 Å². The lowest BCUT2D eigenvalue weighted by atomic mass is 9.89. The van der Waals surface area contributed by atoms with Crippen LogP contribution in [0, 0.1) is 0 Å². The highest BCUT2D eigenvalue weighted by molar-refractivity contribution is 8.05. The Bertz CT molecular complexity index is 3010. The number of para-hydroxylation sites is 2. The molecule has 0 radical (unpaired) electrons. The Hall–Kier alpha value is -5.74. The zero-order valence-corrected chi connectivity index (χ0v) is 29.0. The zero-order valence-electron chi connectivity index (χ0n) is 27.4. The second-order valence-electron chi connectivity index (χ2n) is 13.2. The number of hydrogen-bond donors (Lipinski definition) is 0. The predicted molar refractivity (Wildman–Crippen MR) is 217 cm³/mol. The first kappa shape index (κ1) is 29.0. The van der Waals surface area contributed by atoms with Gasteiger partial charge >= 0.3 is 0 Å². The molecule has 1 aromatic heterocycles. The summed E-state index contributed by atoms with van der Waals surface area (Å²) in [6.07, 6.45) is 0. The number of hydrogen-bond acceptors (Lipinski definition) is 3. The molecule has 2 heterocycles. The Balaban J connectivity index is 1.18. The van der Waals surface area contributed by atoms with Crippen molar-refractivity contribution in [2.45, 2.75) is 19.6 Å². The van der Waals surface area contributed by atoms with Crippen LogP contribution < -0.4 is 0 Å². The van der Waals surface area contributed by atoms with E-state index in [-0.39, 0.29) is 0 Å². The fraction of sp³-hybridized carbons (Fsp3) is 0. The molecule has 0 amide bonds. The third kappa shape index (κ3) is 4.59. The average molecular weight is 685 g/mol. The molecule has 10 aromatic rings. The molecule has 238 valence electrons. The fourth-order valence-corrected chi connectivity index (χ4v) is 10.3. The summed E-state index contributed by atoms with van der Waals surface area (Å²) in [6, 6.07) is 62.1. The Morgan fingerprint density at radius 3 is 1.61 bits per heavy atom. The summed E-state index contributed by atoms with van der Waals surface area (Å²) in [7, 11) is 0. The molecular formula is C48H28OS2. The number of furan rings is 1. The monoisotopic (exact) mass is 684 g/mol. The molecule has 0 bridgehead atoms. The number of fused-ring (bicyclic) bond motifs is 11. The summed E-state index contributed by atoms with van der Waals surface area (Å²) >= 11 is 3.74. The quantitative estimate of drug-likeness (QED) is 0.172.